The SMILES string of the molecule is N[C@@H](C(=O)N1CCN(Cc2ccccc2B(O)O)CC1)C1CCN(CCc2cc(Cl)ccc2-c2ccccc2)CC1. The zero-order chi connectivity index (χ0) is 28.8. The van der Waals surface area contributed by atoms with Crippen LogP contribution in [0.25, 0.3) is 11.1 Å². The third-order valence-electron chi connectivity index (χ3n) is 8.69. The molecule has 7 nitrogen and oxygen atoms in total. The number of benzene rings is 3. The van der Waals surface area contributed by atoms with Crippen molar-refractivity contribution in [3.63, 3.8) is 0 Å². The van der Waals surface area contributed by atoms with Crippen LogP contribution in [-0.2, 0) is 17.8 Å². The van der Waals surface area contributed by atoms with Gasteiger partial charge in [-0.05, 0) is 78.1 Å². The minimum Gasteiger partial charge on any atom is -0.423 e. The molecule has 0 radical (unpaired) electrons. The summed E-state index contributed by atoms with van der Waals surface area (Å²) in [5.41, 5.74) is 11.7. The fourth-order valence-corrected chi connectivity index (χ4v) is 6.39. The van der Waals surface area contributed by atoms with Crippen LogP contribution in [0.1, 0.15) is 24.0 Å². The highest BCUT2D eigenvalue weighted by molar-refractivity contribution is 6.59. The number of nitrogens with two attached hydrogens (primary N) is 1. The first-order valence-corrected chi connectivity index (χ1v) is 15.0. The normalized spacial score (nSPS) is 17.9. The van der Waals surface area contributed by atoms with Crippen LogP contribution in [-0.4, -0.2) is 89.6 Å². The largest absolute Gasteiger partial charge is 0.488 e. The van der Waals surface area contributed by atoms with Crippen LogP contribution in [0.15, 0.2) is 72.8 Å². The predicted molar refractivity (Wildman–Crippen MR) is 166 cm³/mol. The smallest absolute Gasteiger partial charge is 0.423 e. The molecule has 3 aromatic rings. The first-order valence-electron chi connectivity index (χ1n) is 14.7. The minimum absolute atomic E-state index is 0.0562. The van der Waals surface area contributed by atoms with E-state index >= 15 is 0 Å². The Morgan fingerprint density at radius 2 is 1.56 bits per heavy atom. The molecule has 0 unspecified atom stereocenters. The molecule has 3 aromatic carbocycles. The molecule has 1 atom stereocenters. The lowest BCUT2D eigenvalue weighted by atomic mass is 9.77. The average Bonchev–Trinajstić information content (AvgIpc) is 3.00. The molecular weight excluding hydrogens is 535 g/mol. The third kappa shape index (κ3) is 7.57. The Hall–Kier alpha value is -2.72. The Bertz CT molecular complexity index is 1300. The Balaban J connectivity index is 1.08. The third-order valence-corrected chi connectivity index (χ3v) is 8.92. The monoisotopic (exact) mass is 574 g/mol. The van der Waals surface area contributed by atoms with E-state index in [1.807, 2.05) is 35.2 Å². The highest BCUT2D eigenvalue weighted by Gasteiger charge is 2.33. The second-order valence-corrected chi connectivity index (χ2v) is 11.7. The Labute approximate surface area is 248 Å². The summed E-state index contributed by atoms with van der Waals surface area (Å²) in [6.45, 7) is 6.21. The molecule has 2 saturated heterocycles. The summed E-state index contributed by atoms with van der Waals surface area (Å²) in [6, 6.07) is 23.5. The average molecular weight is 575 g/mol. The molecule has 2 aliphatic heterocycles. The van der Waals surface area contributed by atoms with Gasteiger partial charge in [0.1, 0.15) is 0 Å². The van der Waals surface area contributed by atoms with Crippen LogP contribution >= 0.6 is 11.6 Å². The summed E-state index contributed by atoms with van der Waals surface area (Å²) in [5.74, 6) is 0.251. The van der Waals surface area contributed by atoms with Gasteiger partial charge in [0.25, 0.3) is 0 Å². The number of carbonyl (C=O) groups is 1. The molecule has 4 N–H and O–H groups in total. The zero-order valence-electron chi connectivity index (χ0n) is 23.5. The molecule has 2 heterocycles. The van der Waals surface area contributed by atoms with Crippen molar-refractivity contribution in [1.82, 2.24) is 14.7 Å². The fraction of sp³-hybridized carbons (Fsp3) is 0.406. The number of nitrogens with zero attached hydrogens (tertiary/aromatic N) is 3. The summed E-state index contributed by atoms with van der Waals surface area (Å²) in [4.78, 5) is 19.9. The van der Waals surface area contributed by atoms with Crippen molar-refractivity contribution in [3.05, 3.63) is 88.9 Å². The van der Waals surface area contributed by atoms with Gasteiger partial charge in [0.05, 0.1) is 6.04 Å². The molecule has 1 amide bonds. The van der Waals surface area contributed by atoms with Gasteiger partial charge in [-0.3, -0.25) is 9.69 Å². The number of halogens is 1. The van der Waals surface area contributed by atoms with Crippen LogP contribution in [0.3, 0.4) is 0 Å². The highest BCUT2D eigenvalue weighted by Crippen LogP contribution is 2.28. The molecule has 2 fully saturated rings. The van der Waals surface area contributed by atoms with Crippen molar-refractivity contribution in [1.29, 1.82) is 0 Å². The van der Waals surface area contributed by atoms with Crippen molar-refractivity contribution in [2.75, 3.05) is 45.8 Å². The van der Waals surface area contributed by atoms with Crippen LogP contribution in [0.5, 0.6) is 0 Å². The van der Waals surface area contributed by atoms with E-state index in [0.717, 1.165) is 62.6 Å². The van der Waals surface area contributed by atoms with Crippen molar-refractivity contribution in [2.45, 2.75) is 31.8 Å². The minimum atomic E-state index is -1.48. The van der Waals surface area contributed by atoms with Gasteiger partial charge in [-0.2, -0.15) is 0 Å². The molecular formula is C32H40BClN4O3. The fourth-order valence-electron chi connectivity index (χ4n) is 6.19. The molecule has 0 bridgehead atoms. The van der Waals surface area contributed by atoms with Crippen molar-refractivity contribution in [2.24, 2.45) is 11.7 Å². The maximum absolute atomic E-state index is 13.3. The number of piperazine rings is 1. The Kier molecular flexibility index (Phi) is 10.1. The van der Waals surface area contributed by atoms with Gasteiger partial charge in [0, 0.05) is 44.3 Å². The lowest BCUT2D eigenvalue weighted by molar-refractivity contribution is -0.136. The van der Waals surface area contributed by atoms with E-state index in [1.165, 1.54) is 16.7 Å². The first kappa shape index (κ1) is 29.8. The number of piperidine rings is 1. The van der Waals surface area contributed by atoms with Crippen LogP contribution in [0.2, 0.25) is 5.02 Å². The molecule has 0 aromatic heterocycles. The van der Waals surface area contributed by atoms with E-state index in [0.29, 0.717) is 25.1 Å². The van der Waals surface area contributed by atoms with Gasteiger partial charge in [0.2, 0.25) is 5.91 Å². The van der Waals surface area contributed by atoms with E-state index < -0.39 is 13.2 Å². The van der Waals surface area contributed by atoms with E-state index in [9.17, 15) is 14.8 Å². The number of carbonyl (C=O) groups excluding carboxylic acids is 1. The molecule has 0 spiro atoms. The number of amides is 1. The summed E-state index contributed by atoms with van der Waals surface area (Å²) in [6.07, 6.45) is 2.77. The second kappa shape index (κ2) is 14.0. The quantitative estimate of drug-likeness (QED) is 0.340. The number of hydrogen-bond donors (Lipinski definition) is 3. The number of rotatable bonds is 9. The maximum Gasteiger partial charge on any atom is 0.488 e. The summed E-state index contributed by atoms with van der Waals surface area (Å²) in [5, 5.41) is 20.1. The van der Waals surface area contributed by atoms with Gasteiger partial charge in [-0.15, -0.1) is 0 Å². The van der Waals surface area contributed by atoms with Gasteiger partial charge >= 0.3 is 7.12 Å². The van der Waals surface area contributed by atoms with Gasteiger partial charge < -0.3 is 25.6 Å². The van der Waals surface area contributed by atoms with Crippen molar-refractivity contribution >= 4 is 30.1 Å². The van der Waals surface area contributed by atoms with Gasteiger partial charge in [0.15, 0.2) is 0 Å². The van der Waals surface area contributed by atoms with Crippen LogP contribution in [0.4, 0.5) is 0 Å². The summed E-state index contributed by atoms with van der Waals surface area (Å²) < 4.78 is 0. The molecule has 0 aliphatic carbocycles. The van der Waals surface area contributed by atoms with Crippen molar-refractivity contribution < 1.29 is 14.8 Å². The maximum atomic E-state index is 13.3. The number of likely N-dealkylation sites (tertiary alicyclic amines) is 1. The molecule has 2 aliphatic rings. The van der Waals surface area contributed by atoms with E-state index in [4.69, 9.17) is 17.3 Å². The lowest BCUT2D eigenvalue weighted by Crippen LogP contribution is -2.56. The topological polar surface area (TPSA) is 93.3 Å². The van der Waals surface area contributed by atoms with Crippen LogP contribution in [0, 0.1) is 5.92 Å². The van der Waals surface area contributed by atoms with E-state index in [2.05, 4.69) is 46.2 Å². The highest BCUT2D eigenvalue weighted by atomic mass is 35.5. The van der Waals surface area contributed by atoms with Crippen molar-refractivity contribution in [3.8, 4) is 11.1 Å². The van der Waals surface area contributed by atoms with Crippen LogP contribution < -0.4 is 11.2 Å². The molecule has 9 heteroatoms. The van der Waals surface area contributed by atoms with E-state index in [-0.39, 0.29) is 11.8 Å². The zero-order valence-corrected chi connectivity index (χ0v) is 24.3. The number of hydrogen-bond acceptors (Lipinski definition) is 6. The molecule has 0 saturated carbocycles. The second-order valence-electron chi connectivity index (χ2n) is 11.3. The summed E-state index contributed by atoms with van der Waals surface area (Å²) in [7, 11) is -1.48. The van der Waals surface area contributed by atoms with Gasteiger partial charge in [-0.25, -0.2) is 0 Å². The first-order chi connectivity index (χ1) is 19.9. The standard InChI is InChI=1S/C32H40BClN4O3/c34-28-10-11-29(24-6-2-1-3-7-24)26(22-28)14-17-36-15-12-25(13-16-36)31(35)32(39)38-20-18-37(19-21-38)23-27-8-4-5-9-30(27)33(40)41/h1-11,22,25,31,40-41H,12-21,23,35H2/t31-/m1/s1. The molecule has 41 heavy (non-hydrogen) atoms. The lowest BCUT2D eigenvalue weighted by Gasteiger charge is -2.39. The summed E-state index contributed by atoms with van der Waals surface area (Å²) >= 11 is 6.35. The Morgan fingerprint density at radius 1 is 0.878 bits per heavy atom. The van der Waals surface area contributed by atoms with E-state index in [1.54, 1.807) is 6.07 Å². The molecule has 216 valence electrons. The van der Waals surface area contributed by atoms with Gasteiger partial charge in [-0.1, -0.05) is 72.3 Å². The molecule has 5 rings (SSSR count). The Morgan fingerprint density at radius 3 is 2.27 bits per heavy atom. The predicted octanol–water partition coefficient (Wildman–Crippen LogP) is 2.61.